The van der Waals surface area contributed by atoms with Crippen LogP contribution in [0.1, 0.15) is 25.5 Å². The maximum absolute atomic E-state index is 6.22. The van der Waals surface area contributed by atoms with E-state index in [1.807, 2.05) is 43.4 Å². The Morgan fingerprint density at radius 1 is 0.850 bits per heavy atom. The van der Waals surface area contributed by atoms with Gasteiger partial charge in [-0.3, -0.25) is 0 Å². The maximum Gasteiger partial charge on any atom is 0.120 e. The Kier molecular flexibility index (Phi) is 5.19. The standard InChI is InChI=1S/C18H23NO/c1-14(2)18(20-16-12-8-5-9-13-16)17(19-3)15-10-6-4-7-11-15/h4-14,17-19H,1-3H3. The van der Waals surface area contributed by atoms with Gasteiger partial charge in [0.05, 0.1) is 6.04 Å². The van der Waals surface area contributed by atoms with Crippen LogP contribution < -0.4 is 10.1 Å². The highest BCUT2D eigenvalue weighted by Gasteiger charge is 2.26. The van der Waals surface area contributed by atoms with Gasteiger partial charge in [-0.15, -0.1) is 0 Å². The summed E-state index contributed by atoms with van der Waals surface area (Å²) in [6, 6.07) is 20.7. The zero-order valence-corrected chi connectivity index (χ0v) is 12.4. The molecule has 2 aromatic rings. The molecule has 0 amide bonds. The molecule has 0 spiro atoms. The smallest absolute Gasteiger partial charge is 0.120 e. The summed E-state index contributed by atoms with van der Waals surface area (Å²) in [6.07, 6.45) is 0.0878. The van der Waals surface area contributed by atoms with Crippen molar-refractivity contribution in [2.24, 2.45) is 5.92 Å². The second-order valence-electron chi connectivity index (χ2n) is 5.32. The Labute approximate surface area is 121 Å². The Morgan fingerprint density at radius 3 is 1.90 bits per heavy atom. The molecular formula is C18H23NO. The summed E-state index contributed by atoms with van der Waals surface area (Å²) in [6.45, 7) is 4.39. The lowest BCUT2D eigenvalue weighted by molar-refractivity contribution is 0.111. The van der Waals surface area contributed by atoms with Crippen LogP contribution in [0.5, 0.6) is 5.75 Å². The molecule has 0 saturated heterocycles. The van der Waals surface area contributed by atoms with Gasteiger partial charge in [0.15, 0.2) is 0 Å². The van der Waals surface area contributed by atoms with Gasteiger partial charge in [-0.2, -0.15) is 0 Å². The van der Waals surface area contributed by atoms with E-state index in [-0.39, 0.29) is 12.1 Å². The van der Waals surface area contributed by atoms with Gasteiger partial charge in [-0.1, -0.05) is 62.4 Å². The van der Waals surface area contributed by atoms with Crippen LogP contribution >= 0.6 is 0 Å². The highest BCUT2D eigenvalue weighted by Crippen LogP contribution is 2.26. The zero-order valence-electron chi connectivity index (χ0n) is 12.4. The lowest BCUT2D eigenvalue weighted by Gasteiger charge is -2.31. The number of likely N-dealkylation sites (N-methyl/N-ethyl adjacent to an activating group) is 1. The van der Waals surface area contributed by atoms with Crippen LogP contribution in [0, 0.1) is 5.92 Å². The first kappa shape index (κ1) is 14.6. The molecule has 1 N–H and O–H groups in total. The Morgan fingerprint density at radius 2 is 1.40 bits per heavy atom. The first-order chi connectivity index (χ1) is 9.72. The average molecular weight is 269 g/mol. The number of ether oxygens (including phenoxy) is 1. The van der Waals surface area contributed by atoms with Crippen molar-refractivity contribution in [1.82, 2.24) is 5.32 Å². The fourth-order valence-electron chi connectivity index (χ4n) is 2.43. The summed E-state index contributed by atoms with van der Waals surface area (Å²) in [4.78, 5) is 0. The molecule has 2 heteroatoms. The van der Waals surface area contributed by atoms with Gasteiger partial charge in [0.2, 0.25) is 0 Å². The lowest BCUT2D eigenvalue weighted by Crippen LogP contribution is -2.37. The van der Waals surface area contributed by atoms with E-state index in [9.17, 15) is 0 Å². The highest BCUT2D eigenvalue weighted by molar-refractivity contribution is 5.24. The summed E-state index contributed by atoms with van der Waals surface area (Å²) in [7, 11) is 1.99. The van der Waals surface area contributed by atoms with Crippen LogP contribution in [-0.2, 0) is 0 Å². The minimum atomic E-state index is 0.0878. The van der Waals surface area contributed by atoms with E-state index in [0.717, 1.165) is 5.75 Å². The van der Waals surface area contributed by atoms with Crippen molar-refractivity contribution in [1.29, 1.82) is 0 Å². The molecule has 2 atom stereocenters. The average Bonchev–Trinajstić information content (AvgIpc) is 2.49. The van der Waals surface area contributed by atoms with E-state index in [1.165, 1.54) is 5.56 Å². The quantitative estimate of drug-likeness (QED) is 0.854. The Bertz CT molecular complexity index is 495. The number of nitrogens with one attached hydrogen (secondary N) is 1. The van der Waals surface area contributed by atoms with Crippen molar-refractivity contribution < 1.29 is 4.74 Å². The van der Waals surface area contributed by atoms with E-state index in [4.69, 9.17) is 4.74 Å². The number of rotatable bonds is 6. The van der Waals surface area contributed by atoms with Gasteiger partial charge in [-0.05, 0) is 30.7 Å². The van der Waals surface area contributed by atoms with Crippen LogP contribution in [-0.4, -0.2) is 13.2 Å². The molecule has 0 aromatic heterocycles. The van der Waals surface area contributed by atoms with Gasteiger partial charge in [0.25, 0.3) is 0 Å². The normalized spacial score (nSPS) is 14.0. The first-order valence-corrected chi connectivity index (χ1v) is 7.16. The molecule has 2 unspecified atom stereocenters. The Balaban J connectivity index is 2.22. The van der Waals surface area contributed by atoms with E-state index in [2.05, 4.69) is 43.4 Å². The van der Waals surface area contributed by atoms with Gasteiger partial charge < -0.3 is 10.1 Å². The van der Waals surface area contributed by atoms with Crippen molar-refractivity contribution in [3.8, 4) is 5.75 Å². The third kappa shape index (κ3) is 3.61. The first-order valence-electron chi connectivity index (χ1n) is 7.16. The number of hydrogen-bond donors (Lipinski definition) is 1. The summed E-state index contributed by atoms with van der Waals surface area (Å²) < 4.78 is 6.22. The minimum absolute atomic E-state index is 0.0878. The molecule has 0 aliphatic heterocycles. The summed E-state index contributed by atoms with van der Waals surface area (Å²) in [5.74, 6) is 1.33. The number of hydrogen-bond acceptors (Lipinski definition) is 2. The molecule has 0 bridgehead atoms. The van der Waals surface area contributed by atoms with Crippen molar-refractivity contribution in [2.75, 3.05) is 7.05 Å². The zero-order chi connectivity index (χ0) is 14.4. The molecule has 0 saturated carbocycles. The van der Waals surface area contributed by atoms with Crippen molar-refractivity contribution >= 4 is 0 Å². The Hall–Kier alpha value is -1.80. The van der Waals surface area contributed by atoms with Gasteiger partial charge in [0, 0.05) is 0 Å². The van der Waals surface area contributed by atoms with E-state index < -0.39 is 0 Å². The summed E-state index contributed by atoms with van der Waals surface area (Å²) in [5, 5.41) is 3.40. The molecule has 2 rings (SSSR count). The topological polar surface area (TPSA) is 21.3 Å². The molecule has 0 aliphatic rings. The van der Waals surface area contributed by atoms with Crippen molar-refractivity contribution in [2.45, 2.75) is 26.0 Å². The molecular weight excluding hydrogens is 246 g/mol. The molecule has 106 valence electrons. The SMILES string of the molecule is CNC(c1ccccc1)C(Oc1ccccc1)C(C)C. The molecule has 0 fully saturated rings. The third-order valence-corrected chi connectivity index (χ3v) is 3.47. The van der Waals surface area contributed by atoms with Crippen LogP contribution in [0.25, 0.3) is 0 Å². The second kappa shape index (κ2) is 7.11. The third-order valence-electron chi connectivity index (χ3n) is 3.47. The monoisotopic (exact) mass is 269 g/mol. The van der Waals surface area contributed by atoms with Crippen molar-refractivity contribution in [3.05, 3.63) is 66.2 Å². The van der Waals surface area contributed by atoms with Gasteiger partial charge in [-0.25, -0.2) is 0 Å². The predicted octanol–water partition coefficient (Wildman–Crippen LogP) is 4.05. The lowest BCUT2D eigenvalue weighted by atomic mass is 9.93. The van der Waals surface area contributed by atoms with Crippen LogP contribution in [0.15, 0.2) is 60.7 Å². The molecule has 2 nitrogen and oxygen atoms in total. The summed E-state index contributed by atoms with van der Waals surface area (Å²) >= 11 is 0. The van der Waals surface area contributed by atoms with E-state index in [0.29, 0.717) is 5.92 Å². The van der Waals surface area contributed by atoms with Crippen molar-refractivity contribution in [3.63, 3.8) is 0 Å². The molecule has 0 radical (unpaired) electrons. The summed E-state index contributed by atoms with van der Waals surface area (Å²) in [5.41, 5.74) is 1.25. The molecule has 0 aliphatic carbocycles. The predicted molar refractivity (Wildman–Crippen MR) is 83.9 cm³/mol. The van der Waals surface area contributed by atoms with Gasteiger partial charge in [0.1, 0.15) is 11.9 Å². The van der Waals surface area contributed by atoms with E-state index >= 15 is 0 Å². The number of benzene rings is 2. The largest absolute Gasteiger partial charge is 0.488 e. The fraction of sp³-hybridized carbons (Fsp3) is 0.333. The number of para-hydroxylation sites is 1. The molecule has 2 aromatic carbocycles. The molecule has 0 heterocycles. The van der Waals surface area contributed by atoms with Crippen LogP contribution in [0.4, 0.5) is 0 Å². The maximum atomic E-state index is 6.22. The highest BCUT2D eigenvalue weighted by atomic mass is 16.5. The van der Waals surface area contributed by atoms with E-state index in [1.54, 1.807) is 0 Å². The molecule has 20 heavy (non-hydrogen) atoms. The van der Waals surface area contributed by atoms with Crippen LogP contribution in [0.3, 0.4) is 0 Å². The minimum Gasteiger partial charge on any atom is -0.488 e. The van der Waals surface area contributed by atoms with Crippen LogP contribution in [0.2, 0.25) is 0 Å². The second-order valence-corrected chi connectivity index (χ2v) is 5.32. The fourth-order valence-corrected chi connectivity index (χ4v) is 2.43. The van der Waals surface area contributed by atoms with Gasteiger partial charge >= 0.3 is 0 Å².